The van der Waals surface area contributed by atoms with Crippen LogP contribution in [0.5, 0.6) is 0 Å². The number of nitrogens with zero attached hydrogens (tertiary/aromatic N) is 3. The lowest BCUT2D eigenvalue weighted by atomic mass is 9.77. The molecule has 14 heteroatoms. The van der Waals surface area contributed by atoms with Crippen molar-refractivity contribution in [3.05, 3.63) is 30.4 Å². The lowest BCUT2D eigenvalue weighted by Crippen LogP contribution is -2.60. The first-order valence-electron chi connectivity index (χ1n) is 17.2. The van der Waals surface area contributed by atoms with Crippen molar-refractivity contribution in [2.45, 2.75) is 130 Å². The molecular formula is C36H55N3O11. The van der Waals surface area contributed by atoms with Crippen LogP contribution in [-0.2, 0) is 47.6 Å². The zero-order valence-electron chi connectivity index (χ0n) is 31.5. The van der Waals surface area contributed by atoms with E-state index in [9.17, 15) is 24.0 Å². The number of cyclic esters (lactones) is 1. The molecule has 0 aromatic carbocycles. The van der Waals surface area contributed by atoms with Crippen molar-refractivity contribution < 1.29 is 52.4 Å². The Bertz CT molecular complexity index is 1410. The number of carbonyl (C=O) groups excluding carboxylic acids is 5. The molecule has 0 aliphatic carbocycles. The van der Waals surface area contributed by atoms with Gasteiger partial charge in [0.1, 0.15) is 18.3 Å². The van der Waals surface area contributed by atoms with E-state index in [-0.39, 0.29) is 36.3 Å². The van der Waals surface area contributed by atoms with Gasteiger partial charge < -0.3 is 33.3 Å². The van der Waals surface area contributed by atoms with Crippen LogP contribution >= 0.6 is 0 Å². The molecule has 1 aromatic heterocycles. The van der Waals surface area contributed by atoms with Gasteiger partial charge in [-0.1, -0.05) is 20.8 Å². The number of rotatable bonds is 7. The quantitative estimate of drug-likeness (QED) is 0.226. The fourth-order valence-electron chi connectivity index (χ4n) is 7.10. The van der Waals surface area contributed by atoms with Gasteiger partial charge in [-0.15, -0.1) is 0 Å². The first-order valence-corrected chi connectivity index (χ1v) is 17.2. The highest BCUT2D eigenvalue weighted by atomic mass is 16.7. The highest BCUT2D eigenvalue weighted by Crippen LogP contribution is 2.38. The van der Waals surface area contributed by atoms with Gasteiger partial charge >= 0.3 is 18.0 Å². The van der Waals surface area contributed by atoms with E-state index in [1.165, 1.54) is 45.8 Å². The average molecular weight is 706 g/mol. The molecule has 280 valence electrons. The molecule has 1 aromatic rings. The van der Waals surface area contributed by atoms with Gasteiger partial charge in [0.2, 0.25) is 0 Å². The minimum atomic E-state index is -1.59. The largest absolute Gasteiger partial charge is 0.457 e. The maximum absolute atomic E-state index is 14.2. The lowest BCUT2D eigenvalue weighted by molar-refractivity contribution is -0.297. The first kappa shape index (κ1) is 41.0. The Morgan fingerprint density at radius 1 is 1.12 bits per heavy atom. The predicted octanol–water partition coefficient (Wildman–Crippen LogP) is 4.13. The van der Waals surface area contributed by atoms with E-state index in [0.717, 1.165) is 4.57 Å². The molecule has 0 amide bonds. The van der Waals surface area contributed by atoms with Crippen LogP contribution in [0.1, 0.15) is 81.6 Å². The second kappa shape index (κ2) is 16.7. The Morgan fingerprint density at radius 3 is 2.32 bits per heavy atom. The highest BCUT2D eigenvalue weighted by Gasteiger charge is 2.51. The number of imidazole rings is 1. The number of carbonyl (C=O) groups is 5. The normalized spacial score (nSPS) is 37.3. The maximum Gasteiger partial charge on any atom is 0.420 e. The number of allylic oxidation sites excluding steroid dienone is 1. The molecule has 3 heterocycles. The van der Waals surface area contributed by atoms with Crippen molar-refractivity contribution in [3.8, 4) is 0 Å². The summed E-state index contributed by atoms with van der Waals surface area (Å²) < 4.78 is 37.7. The number of ketones is 2. The number of esters is 2. The second-order valence-corrected chi connectivity index (χ2v) is 14.3. The number of methoxy groups -OCH3 is 1. The summed E-state index contributed by atoms with van der Waals surface area (Å²) in [7, 11) is 5.20. The lowest BCUT2D eigenvalue weighted by Gasteiger charge is -2.47. The molecule has 14 nitrogen and oxygen atoms in total. The minimum absolute atomic E-state index is 0.0922. The van der Waals surface area contributed by atoms with Crippen molar-refractivity contribution >= 4 is 29.6 Å². The number of aromatic nitrogens is 2. The third-order valence-corrected chi connectivity index (χ3v) is 9.93. The Morgan fingerprint density at radius 2 is 1.78 bits per heavy atom. The maximum atomic E-state index is 14.2. The zero-order chi connectivity index (χ0) is 37.7. The van der Waals surface area contributed by atoms with Crippen LogP contribution in [0.15, 0.2) is 30.4 Å². The third-order valence-electron chi connectivity index (χ3n) is 9.93. The van der Waals surface area contributed by atoms with E-state index in [2.05, 4.69) is 4.98 Å². The van der Waals surface area contributed by atoms with Crippen LogP contribution < -0.4 is 0 Å². The Labute approximate surface area is 295 Å². The van der Waals surface area contributed by atoms with Gasteiger partial charge in [0.15, 0.2) is 29.6 Å². The summed E-state index contributed by atoms with van der Waals surface area (Å²) in [5, 5.41) is 0. The minimum Gasteiger partial charge on any atom is -0.457 e. The van der Waals surface area contributed by atoms with Crippen LogP contribution in [0.3, 0.4) is 0 Å². The molecule has 1 saturated heterocycles. The third kappa shape index (κ3) is 9.25. The first-order chi connectivity index (χ1) is 23.3. The zero-order valence-corrected chi connectivity index (χ0v) is 31.5. The summed E-state index contributed by atoms with van der Waals surface area (Å²) in [6, 6.07) is -0.267. The van der Waals surface area contributed by atoms with Crippen LogP contribution in [-0.4, -0.2) is 113 Å². The van der Waals surface area contributed by atoms with Crippen molar-refractivity contribution in [3.63, 3.8) is 0 Å². The smallest absolute Gasteiger partial charge is 0.420 e. The highest BCUT2D eigenvalue weighted by molar-refractivity contribution is 6.00. The molecule has 1 fully saturated rings. The van der Waals surface area contributed by atoms with Gasteiger partial charge in [-0.05, 0) is 79.6 Å². The molecule has 0 spiro atoms. The van der Waals surface area contributed by atoms with Crippen LogP contribution in [0.4, 0.5) is 4.79 Å². The van der Waals surface area contributed by atoms with E-state index in [0.29, 0.717) is 6.42 Å². The van der Waals surface area contributed by atoms with Gasteiger partial charge in [0, 0.05) is 38.3 Å². The average Bonchev–Trinajstić information content (AvgIpc) is 3.60. The summed E-state index contributed by atoms with van der Waals surface area (Å²) in [5.41, 5.74) is -2.62. The number of likely N-dealkylation sites (N-methyl/N-ethyl adjacent to an activating group) is 1. The number of hydrogen-bond acceptors (Lipinski definition) is 13. The van der Waals surface area contributed by atoms with E-state index in [1.54, 1.807) is 41.5 Å². The topological polar surface area (TPSA) is 162 Å². The summed E-state index contributed by atoms with van der Waals surface area (Å²) in [4.78, 5) is 73.2. The molecule has 3 rings (SSSR count). The molecular weight excluding hydrogens is 650 g/mol. The summed E-state index contributed by atoms with van der Waals surface area (Å²) in [5.74, 6) is -5.09. The van der Waals surface area contributed by atoms with Crippen LogP contribution in [0, 0.1) is 17.8 Å². The Balaban J connectivity index is 2.14. The van der Waals surface area contributed by atoms with Gasteiger partial charge in [-0.2, -0.15) is 0 Å². The molecule has 2 aliphatic rings. The number of hydrogen-bond donors (Lipinski definition) is 0. The molecule has 11 atom stereocenters. The monoisotopic (exact) mass is 705 g/mol. The fourth-order valence-corrected chi connectivity index (χ4v) is 7.10. The van der Waals surface area contributed by atoms with E-state index < -0.39 is 77.4 Å². The van der Waals surface area contributed by atoms with E-state index in [4.69, 9.17) is 28.4 Å². The van der Waals surface area contributed by atoms with Crippen molar-refractivity contribution in [2.24, 2.45) is 17.8 Å². The summed E-state index contributed by atoms with van der Waals surface area (Å²) in [6.07, 6.45) is 1.25. The van der Waals surface area contributed by atoms with Gasteiger partial charge in [0.25, 0.3) is 0 Å². The summed E-state index contributed by atoms with van der Waals surface area (Å²) in [6.45, 7) is 14.6. The molecule has 0 bridgehead atoms. The fraction of sp³-hybridized carbons (Fsp3) is 0.722. The van der Waals surface area contributed by atoms with E-state index >= 15 is 0 Å². The van der Waals surface area contributed by atoms with Crippen LogP contribution in [0.25, 0.3) is 0 Å². The molecule has 0 radical (unpaired) electrons. The van der Waals surface area contributed by atoms with Gasteiger partial charge in [-0.3, -0.25) is 19.2 Å². The van der Waals surface area contributed by atoms with E-state index in [1.807, 2.05) is 25.9 Å². The SMILES string of the molecule is CC[C@H]1OC(=O)[C@H](C)C(=O)[C@H](C)[C@@H](OC2OC(C)CC(N(C)C)C2OC(C)=O)[C@](C)(OC)C[C@@H](C)C(=O)/C(C)=C/[C@]1(C)OC(=O)n1ccnc1. The second-order valence-electron chi connectivity index (χ2n) is 14.3. The summed E-state index contributed by atoms with van der Waals surface area (Å²) >= 11 is 0. The number of ether oxygens (including phenoxy) is 6. The number of Topliss-reactive ketones (excluding diaryl/α,β-unsaturated/α-hetero) is 2. The van der Waals surface area contributed by atoms with Gasteiger partial charge in [-0.25, -0.2) is 14.3 Å². The van der Waals surface area contributed by atoms with Crippen molar-refractivity contribution in [1.82, 2.24) is 14.5 Å². The molecule has 0 N–H and O–H groups in total. The Hall–Kier alpha value is -3.46. The van der Waals surface area contributed by atoms with Gasteiger partial charge in [0.05, 0.1) is 23.9 Å². The Kier molecular flexibility index (Phi) is 13.7. The van der Waals surface area contributed by atoms with Crippen molar-refractivity contribution in [1.29, 1.82) is 0 Å². The molecule has 50 heavy (non-hydrogen) atoms. The van der Waals surface area contributed by atoms with Crippen molar-refractivity contribution in [2.75, 3.05) is 21.2 Å². The predicted molar refractivity (Wildman–Crippen MR) is 181 cm³/mol. The standard InChI is InChI=1S/C36H55N3O11/c1-13-27-35(8,50-34(44)39-15-14-37-19-39)17-20(2)28(41)21(3)18-36(9,45-12)31(23(5)29(42)24(6)32(43)48-27)49-33-30(47-25(7)40)26(38(10)11)16-22(4)46-33/h14-15,17,19,21-24,26-27,30-31,33H,13,16,18H2,1-12H3/b20-17+/t21-,22?,23+,24-,26?,27-,30?,31-,33?,35+,36-/m1/s1. The molecule has 2 aliphatic heterocycles. The molecule has 0 saturated carbocycles. The van der Waals surface area contributed by atoms with Crippen LogP contribution in [0.2, 0.25) is 0 Å². The molecule has 4 unspecified atom stereocenters.